The number of hydrogen-bond acceptors (Lipinski definition) is 1. The van der Waals surface area contributed by atoms with Crippen LogP contribution in [-0.2, 0) is 0 Å². The summed E-state index contributed by atoms with van der Waals surface area (Å²) in [4.78, 5) is 2.13. The number of nitrogens with zero attached hydrogens (tertiary/aromatic N) is 4. The van der Waals surface area contributed by atoms with Gasteiger partial charge in [0.05, 0.1) is 44.5 Å². The molecule has 0 unspecified atom stereocenters. The molecule has 0 amide bonds. The van der Waals surface area contributed by atoms with Crippen molar-refractivity contribution in [3.8, 4) is 17.1 Å². The van der Waals surface area contributed by atoms with E-state index >= 15 is 4.39 Å². The summed E-state index contributed by atoms with van der Waals surface area (Å²) in [6.07, 6.45) is 0. The average Bonchev–Trinajstić information content (AvgIpc) is 3.94. The maximum atomic E-state index is 16.6. The summed E-state index contributed by atoms with van der Waals surface area (Å²) in [5.74, 6) is -0.317. The third kappa shape index (κ3) is 4.95. The molecule has 3 aromatic heterocycles. The molecule has 278 valence electrons. The van der Waals surface area contributed by atoms with E-state index in [1.54, 1.807) is 12.1 Å². The van der Waals surface area contributed by atoms with Gasteiger partial charge in [0.1, 0.15) is 5.82 Å². The van der Waals surface area contributed by atoms with Gasteiger partial charge in [-0.1, -0.05) is 127 Å². The molecule has 3 heterocycles. The number of halogens is 1. The van der Waals surface area contributed by atoms with Crippen LogP contribution in [0.3, 0.4) is 0 Å². The second-order valence-corrected chi connectivity index (χ2v) is 15.1. The number of benzene rings is 9. The summed E-state index contributed by atoms with van der Waals surface area (Å²) < 4.78 is 23.8. The number of para-hydroxylation sites is 7. The van der Waals surface area contributed by atoms with E-state index < -0.39 is 0 Å². The zero-order chi connectivity index (χ0) is 39.0. The highest BCUT2D eigenvalue weighted by Gasteiger charge is 2.29. The van der Waals surface area contributed by atoms with Gasteiger partial charge in [-0.2, -0.15) is 0 Å². The van der Waals surface area contributed by atoms with E-state index in [4.69, 9.17) is 0 Å². The van der Waals surface area contributed by atoms with Crippen molar-refractivity contribution >= 4 is 82.5 Å². The van der Waals surface area contributed by atoms with E-state index in [9.17, 15) is 0 Å². The van der Waals surface area contributed by atoms with Gasteiger partial charge in [-0.05, 0) is 84.9 Å². The Morgan fingerprint density at radius 1 is 0.305 bits per heavy atom. The minimum atomic E-state index is -0.317. The van der Waals surface area contributed by atoms with Crippen molar-refractivity contribution in [1.29, 1.82) is 0 Å². The highest BCUT2D eigenvalue weighted by atomic mass is 19.1. The zero-order valence-corrected chi connectivity index (χ0v) is 31.9. The number of hydrogen-bond donors (Lipinski definition) is 0. The zero-order valence-electron chi connectivity index (χ0n) is 31.9. The number of aromatic nitrogens is 3. The van der Waals surface area contributed by atoms with Crippen LogP contribution in [0, 0.1) is 5.82 Å². The van der Waals surface area contributed by atoms with Gasteiger partial charge < -0.3 is 18.6 Å². The Labute approximate surface area is 339 Å². The minimum absolute atomic E-state index is 0.317. The lowest BCUT2D eigenvalue weighted by atomic mass is 10.0. The van der Waals surface area contributed by atoms with Gasteiger partial charge in [-0.25, -0.2) is 4.39 Å². The van der Waals surface area contributed by atoms with Gasteiger partial charge in [0.2, 0.25) is 0 Å². The first-order valence-electron chi connectivity index (χ1n) is 20.0. The molecule has 0 aliphatic rings. The first kappa shape index (κ1) is 33.3. The number of anilines is 3. The highest BCUT2D eigenvalue weighted by molar-refractivity contribution is 6.40. The van der Waals surface area contributed by atoms with E-state index in [1.807, 2.05) is 36.4 Å². The average molecular weight is 759 g/mol. The van der Waals surface area contributed by atoms with E-state index in [-0.39, 0.29) is 5.82 Å². The lowest BCUT2D eigenvalue weighted by molar-refractivity contribution is 0.627. The van der Waals surface area contributed by atoms with Crippen LogP contribution in [0.5, 0.6) is 0 Å². The second kappa shape index (κ2) is 13.1. The summed E-state index contributed by atoms with van der Waals surface area (Å²) >= 11 is 0. The Kier molecular flexibility index (Phi) is 7.38. The Bertz CT molecular complexity index is 3440. The first-order chi connectivity index (χ1) is 29.2. The Hall–Kier alpha value is -7.89. The Balaban J connectivity index is 1.33. The van der Waals surface area contributed by atoms with Gasteiger partial charge in [0.15, 0.2) is 0 Å². The van der Waals surface area contributed by atoms with Crippen molar-refractivity contribution in [1.82, 2.24) is 13.7 Å². The lowest BCUT2D eigenvalue weighted by Gasteiger charge is -2.26. The molecule has 5 heteroatoms. The van der Waals surface area contributed by atoms with E-state index in [0.717, 1.165) is 88.8 Å². The first-order valence-corrected chi connectivity index (χ1v) is 20.0. The second-order valence-electron chi connectivity index (χ2n) is 15.1. The molecule has 0 atom stereocenters. The topological polar surface area (TPSA) is 18.0 Å². The van der Waals surface area contributed by atoms with E-state index in [1.165, 1.54) is 10.8 Å². The molecule has 0 aliphatic heterocycles. The SMILES string of the molecule is Fc1cc(N(c2ccccc2)c2ccccc2)cc(-n2c3ccccc3c3c4c(c5ccccc5n4-c4ccccc4)c4c(c5ccccc5n4-c4ccccc4)c32)c1. The summed E-state index contributed by atoms with van der Waals surface area (Å²) in [7, 11) is 0. The summed E-state index contributed by atoms with van der Waals surface area (Å²) in [5.41, 5.74) is 12.0. The van der Waals surface area contributed by atoms with Gasteiger partial charge in [0.25, 0.3) is 0 Å². The summed E-state index contributed by atoms with van der Waals surface area (Å²) in [5, 5.41) is 6.81. The van der Waals surface area contributed by atoms with Crippen LogP contribution in [-0.4, -0.2) is 13.7 Å². The van der Waals surface area contributed by atoms with Crippen LogP contribution in [0.2, 0.25) is 0 Å². The minimum Gasteiger partial charge on any atom is -0.310 e. The smallest absolute Gasteiger partial charge is 0.127 e. The monoisotopic (exact) mass is 758 g/mol. The van der Waals surface area contributed by atoms with Crippen LogP contribution in [0.4, 0.5) is 21.5 Å². The molecule has 12 rings (SSSR count). The molecule has 0 N–H and O–H groups in total. The van der Waals surface area contributed by atoms with Crippen LogP contribution < -0.4 is 4.90 Å². The third-order valence-electron chi connectivity index (χ3n) is 11.8. The summed E-state index contributed by atoms with van der Waals surface area (Å²) in [6.45, 7) is 0. The molecule has 0 saturated carbocycles. The molecule has 4 nitrogen and oxygen atoms in total. The largest absolute Gasteiger partial charge is 0.310 e. The lowest BCUT2D eigenvalue weighted by Crippen LogP contribution is -2.11. The van der Waals surface area contributed by atoms with Crippen molar-refractivity contribution in [2.45, 2.75) is 0 Å². The van der Waals surface area contributed by atoms with Gasteiger partial charge >= 0.3 is 0 Å². The fourth-order valence-corrected chi connectivity index (χ4v) is 9.53. The molecular weight excluding hydrogens is 724 g/mol. The molecule has 0 fully saturated rings. The summed E-state index contributed by atoms with van der Waals surface area (Å²) in [6, 6.07) is 73.3. The third-order valence-corrected chi connectivity index (χ3v) is 11.8. The quantitative estimate of drug-likeness (QED) is 0.165. The van der Waals surface area contributed by atoms with Gasteiger partial charge in [-0.15, -0.1) is 0 Å². The highest BCUT2D eigenvalue weighted by Crippen LogP contribution is 2.50. The molecule has 12 aromatic rings. The van der Waals surface area contributed by atoms with Crippen LogP contribution in [0.1, 0.15) is 0 Å². The van der Waals surface area contributed by atoms with Crippen molar-refractivity contribution < 1.29 is 4.39 Å². The molecule has 59 heavy (non-hydrogen) atoms. The Morgan fingerprint density at radius 2 is 0.644 bits per heavy atom. The van der Waals surface area contributed by atoms with Crippen LogP contribution in [0.25, 0.3) is 82.5 Å². The maximum Gasteiger partial charge on any atom is 0.127 e. The fraction of sp³-hybridized carbons (Fsp3) is 0. The van der Waals surface area contributed by atoms with Crippen LogP contribution in [0.15, 0.2) is 212 Å². The van der Waals surface area contributed by atoms with Crippen molar-refractivity contribution in [2.75, 3.05) is 4.90 Å². The number of rotatable bonds is 6. The normalized spacial score (nSPS) is 11.8. The van der Waals surface area contributed by atoms with Gasteiger partial charge in [0, 0.05) is 55.1 Å². The molecular formula is C54H35FN4. The molecule has 0 saturated heterocycles. The number of fused-ring (bicyclic) bond motifs is 12. The predicted octanol–water partition coefficient (Wildman–Crippen LogP) is 14.6. The van der Waals surface area contributed by atoms with E-state index in [0.29, 0.717) is 0 Å². The van der Waals surface area contributed by atoms with E-state index in [2.05, 4.69) is 182 Å². The predicted molar refractivity (Wildman–Crippen MR) is 244 cm³/mol. The van der Waals surface area contributed by atoms with Crippen molar-refractivity contribution in [2.24, 2.45) is 0 Å². The molecule has 0 spiro atoms. The molecule has 0 radical (unpaired) electrons. The Morgan fingerprint density at radius 3 is 1.05 bits per heavy atom. The van der Waals surface area contributed by atoms with Crippen molar-refractivity contribution in [3.63, 3.8) is 0 Å². The molecule has 0 bridgehead atoms. The maximum absolute atomic E-state index is 16.6. The fourth-order valence-electron chi connectivity index (χ4n) is 9.53. The van der Waals surface area contributed by atoms with Crippen molar-refractivity contribution in [3.05, 3.63) is 218 Å². The standard InChI is InChI=1S/C54H35FN4/c55-36-33-41(56(37-19-5-1-6-20-37)38-21-7-2-8-22-38)35-42(34-36)59-48-32-18-15-29-45(48)51-53-49(43-27-13-16-30-46(43)57(53)39-23-9-3-10-24-39)52-50(54(51)59)44-28-14-17-31-47(44)58(52)40-25-11-4-12-26-40/h1-35H. The van der Waals surface area contributed by atoms with Gasteiger partial charge in [-0.3, -0.25) is 0 Å². The molecule has 9 aromatic carbocycles. The molecule has 0 aliphatic carbocycles. The van der Waals surface area contributed by atoms with Crippen LogP contribution >= 0.6 is 0 Å².